The van der Waals surface area contributed by atoms with Gasteiger partial charge in [0.25, 0.3) is 10.1 Å². The molecule has 0 spiro atoms. The molecule has 0 atom stereocenters. The van der Waals surface area contributed by atoms with Gasteiger partial charge in [-0.2, -0.15) is 8.42 Å². The molecule has 0 aliphatic carbocycles. The number of hydrogen-bond donors (Lipinski definition) is 0. The molecule has 1 aliphatic heterocycles. The Hall–Kier alpha value is -1.04. The van der Waals surface area contributed by atoms with Crippen LogP contribution in [0.2, 0.25) is 0 Å². The van der Waals surface area contributed by atoms with E-state index in [1.54, 1.807) is 0 Å². The van der Waals surface area contributed by atoms with Crippen LogP contribution in [0.15, 0.2) is 47.4 Å². The fourth-order valence-corrected chi connectivity index (χ4v) is 8.48. The van der Waals surface area contributed by atoms with E-state index in [0.717, 1.165) is 46.3 Å². The van der Waals surface area contributed by atoms with E-state index in [1.807, 2.05) is 24.3 Å². The van der Waals surface area contributed by atoms with E-state index in [9.17, 15) is 8.42 Å². The molecule has 0 unspecified atom stereocenters. The summed E-state index contributed by atoms with van der Waals surface area (Å²) in [4.78, 5) is 1.08. The number of benzene rings is 2. The van der Waals surface area contributed by atoms with Crippen molar-refractivity contribution in [1.29, 1.82) is 0 Å². The standard InChI is InChI=1S/C15H18O3S2/c1-19(16,17)18-20(11-4-5-12-20)15-10-6-8-13-7-2-3-9-14(13)15/h2-3,6-10H,4-5,11-12H2,1H3. The third kappa shape index (κ3) is 2.57. The average molecular weight is 310 g/mol. The van der Waals surface area contributed by atoms with Gasteiger partial charge in [-0.15, -0.1) is 0 Å². The Morgan fingerprint density at radius 3 is 2.35 bits per heavy atom. The maximum Gasteiger partial charge on any atom is 0.273 e. The van der Waals surface area contributed by atoms with E-state index in [1.165, 1.54) is 0 Å². The van der Waals surface area contributed by atoms with Gasteiger partial charge in [0.05, 0.1) is 6.26 Å². The molecule has 3 rings (SSSR count). The Labute approximate surface area is 121 Å². The molecule has 1 aliphatic rings. The molecule has 3 nitrogen and oxygen atoms in total. The molecule has 1 heterocycles. The molecular formula is C15H18O3S2. The predicted molar refractivity (Wildman–Crippen MR) is 84.7 cm³/mol. The summed E-state index contributed by atoms with van der Waals surface area (Å²) in [6, 6.07) is 14.2. The first-order valence-electron chi connectivity index (χ1n) is 6.68. The second-order valence-electron chi connectivity index (χ2n) is 5.18. The van der Waals surface area contributed by atoms with Crippen LogP contribution in [-0.2, 0) is 13.7 Å². The molecule has 0 bridgehead atoms. The van der Waals surface area contributed by atoms with Crippen LogP contribution in [0.4, 0.5) is 0 Å². The molecular weight excluding hydrogens is 292 g/mol. The van der Waals surface area contributed by atoms with E-state index in [2.05, 4.69) is 18.2 Å². The zero-order chi connectivity index (χ0) is 14.2. The molecule has 2 aromatic carbocycles. The summed E-state index contributed by atoms with van der Waals surface area (Å²) >= 11 is 0. The SMILES string of the molecule is CS(=O)(=O)OS1(c2cccc3ccccc23)CCCC1. The largest absolute Gasteiger partial charge is 0.273 e. The van der Waals surface area contributed by atoms with Crippen molar-refractivity contribution in [3.8, 4) is 0 Å². The summed E-state index contributed by atoms with van der Waals surface area (Å²) in [5.74, 6) is 1.68. The summed E-state index contributed by atoms with van der Waals surface area (Å²) in [5.41, 5.74) is 0. The second kappa shape index (κ2) is 5.06. The molecule has 5 heteroatoms. The topological polar surface area (TPSA) is 43.4 Å². The first kappa shape index (κ1) is 13.9. The molecule has 108 valence electrons. The molecule has 2 aromatic rings. The van der Waals surface area contributed by atoms with E-state index < -0.39 is 20.4 Å². The third-order valence-electron chi connectivity index (χ3n) is 3.60. The van der Waals surface area contributed by atoms with Gasteiger partial charge in [0.2, 0.25) is 0 Å². The Kier molecular flexibility index (Phi) is 3.52. The van der Waals surface area contributed by atoms with Gasteiger partial charge in [0, 0.05) is 16.4 Å². The number of rotatable bonds is 3. The highest BCUT2D eigenvalue weighted by atomic mass is 32.3. The number of fused-ring (bicyclic) bond motifs is 1. The van der Waals surface area contributed by atoms with Crippen molar-refractivity contribution in [2.24, 2.45) is 0 Å². The molecule has 20 heavy (non-hydrogen) atoms. The van der Waals surface area contributed by atoms with Gasteiger partial charge in [0.15, 0.2) is 0 Å². The summed E-state index contributed by atoms with van der Waals surface area (Å²) in [6.45, 7) is 0. The molecule has 0 aromatic heterocycles. The Balaban J connectivity index is 2.20. The summed E-state index contributed by atoms with van der Waals surface area (Å²) in [6.07, 6.45) is 3.23. The highest BCUT2D eigenvalue weighted by molar-refractivity contribution is 8.33. The monoisotopic (exact) mass is 310 g/mol. The molecule has 1 fully saturated rings. The minimum Gasteiger partial charge on any atom is -0.216 e. The second-order valence-corrected chi connectivity index (χ2v) is 10.0. The molecule has 1 saturated heterocycles. The van der Waals surface area contributed by atoms with Gasteiger partial charge in [-0.1, -0.05) is 46.7 Å². The summed E-state index contributed by atoms with van der Waals surface area (Å²) in [5, 5.41) is 2.26. The van der Waals surface area contributed by atoms with Crippen molar-refractivity contribution in [2.75, 3.05) is 17.8 Å². The van der Waals surface area contributed by atoms with E-state index in [4.69, 9.17) is 3.63 Å². The van der Waals surface area contributed by atoms with Gasteiger partial charge >= 0.3 is 0 Å². The lowest BCUT2D eigenvalue weighted by molar-refractivity contribution is 0.517. The number of hydrogen-bond acceptors (Lipinski definition) is 3. The third-order valence-corrected chi connectivity index (χ3v) is 8.69. The van der Waals surface area contributed by atoms with Crippen molar-refractivity contribution in [2.45, 2.75) is 17.7 Å². The lowest BCUT2D eigenvalue weighted by atomic mass is 10.1. The van der Waals surface area contributed by atoms with Crippen LogP contribution in [-0.4, -0.2) is 26.2 Å². The highest BCUT2D eigenvalue weighted by Gasteiger charge is 2.36. The lowest BCUT2D eigenvalue weighted by Crippen LogP contribution is -2.13. The smallest absolute Gasteiger partial charge is 0.216 e. The van der Waals surface area contributed by atoms with Crippen LogP contribution < -0.4 is 0 Å². The molecule has 0 radical (unpaired) electrons. The van der Waals surface area contributed by atoms with Gasteiger partial charge < -0.3 is 0 Å². The molecule has 0 N–H and O–H groups in total. The lowest BCUT2D eigenvalue weighted by Gasteiger charge is -2.34. The first-order chi connectivity index (χ1) is 9.50. The van der Waals surface area contributed by atoms with Crippen molar-refractivity contribution in [3.63, 3.8) is 0 Å². The van der Waals surface area contributed by atoms with Crippen molar-refractivity contribution >= 4 is 31.2 Å². The maximum absolute atomic E-state index is 11.7. The average Bonchev–Trinajstić information content (AvgIpc) is 2.85. The Morgan fingerprint density at radius 1 is 1.00 bits per heavy atom. The van der Waals surface area contributed by atoms with Crippen LogP contribution in [0.25, 0.3) is 10.8 Å². The van der Waals surface area contributed by atoms with E-state index in [0.29, 0.717) is 0 Å². The van der Waals surface area contributed by atoms with Gasteiger partial charge in [0.1, 0.15) is 0 Å². The fraction of sp³-hybridized carbons (Fsp3) is 0.333. The van der Waals surface area contributed by atoms with Gasteiger partial charge in [-0.3, -0.25) is 0 Å². The normalized spacial score (nSPS) is 20.1. The minimum atomic E-state index is -3.45. The predicted octanol–water partition coefficient (Wildman–Crippen LogP) is 3.69. The zero-order valence-electron chi connectivity index (χ0n) is 11.4. The Morgan fingerprint density at radius 2 is 1.65 bits per heavy atom. The minimum absolute atomic E-state index is 0.841. The van der Waals surface area contributed by atoms with Crippen LogP contribution in [0.5, 0.6) is 0 Å². The van der Waals surface area contributed by atoms with Crippen LogP contribution in [0.1, 0.15) is 12.8 Å². The van der Waals surface area contributed by atoms with E-state index in [-0.39, 0.29) is 0 Å². The Bertz CT molecular complexity index is 726. The summed E-state index contributed by atoms with van der Waals surface area (Å²) < 4.78 is 29.0. The quantitative estimate of drug-likeness (QED) is 0.868. The summed E-state index contributed by atoms with van der Waals surface area (Å²) in [7, 11) is -5.16. The van der Waals surface area contributed by atoms with Crippen molar-refractivity contribution in [3.05, 3.63) is 42.5 Å². The molecule has 0 saturated carbocycles. The van der Waals surface area contributed by atoms with Gasteiger partial charge in [-0.05, 0) is 29.7 Å². The zero-order valence-corrected chi connectivity index (χ0v) is 13.0. The van der Waals surface area contributed by atoms with Crippen molar-refractivity contribution < 1.29 is 12.0 Å². The van der Waals surface area contributed by atoms with Crippen LogP contribution >= 0.6 is 10.3 Å². The first-order valence-corrected chi connectivity index (χ1v) is 10.4. The molecule has 0 amide bonds. The highest BCUT2D eigenvalue weighted by Crippen LogP contribution is 2.63. The fourth-order valence-electron chi connectivity index (χ4n) is 2.85. The van der Waals surface area contributed by atoms with Crippen LogP contribution in [0, 0.1) is 0 Å². The van der Waals surface area contributed by atoms with E-state index >= 15 is 0 Å². The maximum atomic E-state index is 11.7. The van der Waals surface area contributed by atoms with Crippen molar-refractivity contribution in [1.82, 2.24) is 0 Å². The van der Waals surface area contributed by atoms with Crippen LogP contribution in [0.3, 0.4) is 0 Å². The van der Waals surface area contributed by atoms with Gasteiger partial charge in [-0.25, -0.2) is 3.63 Å².